The zero-order chi connectivity index (χ0) is 15.5. The van der Waals surface area contributed by atoms with E-state index in [1.165, 1.54) is 0 Å². The molecule has 0 aliphatic heterocycles. The minimum atomic E-state index is -2.19. The van der Waals surface area contributed by atoms with Crippen molar-refractivity contribution in [2.45, 2.75) is 0 Å². The maximum Gasteiger partial charge on any atom is 6.00 e. The van der Waals surface area contributed by atoms with E-state index in [-0.39, 0.29) is 21.1 Å². The molecule has 102 valence electrons. The molecule has 0 N–H and O–H groups in total. The first-order chi connectivity index (χ1) is 7.93. The summed E-state index contributed by atoms with van der Waals surface area (Å²) < 4.78 is 0. The Morgan fingerprint density at radius 1 is 0.368 bits per heavy atom. The summed E-state index contributed by atoms with van der Waals surface area (Å²) in [6, 6.07) is 0. The molecule has 0 radical (unpaired) electrons. The van der Waals surface area contributed by atoms with Crippen molar-refractivity contribution in [1.82, 2.24) is 0 Å². The molecule has 0 amide bonds. The number of aliphatic carboxylic acids is 6. The molecule has 12 nitrogen and oxygen atoms in total. The van der Waals surface area contributed by atoms with Gasteiger partial charge in [0.05, 0.1) is 35.8 Å². The maximum absolute atomic E-state index is 8.93. The third kappa shape index (κ3) is 31.3. The molecule has 0 saturated heterocycles. The van der Waals surface area contributed by atoms with Gasteiger partial charge in [-0.25, -0.2) is 0 Å². The molecule has 0 atom stereocenters. The van der Waals surface area contributed by atoms with Crippen LogP contribution in [-0.2, 0) is 49.8 Å². The van der Waals surface area contributed by atoms with Crippen LogP contribution in [0.5, 0.6) is 0 Å². The molecule has 0 bridgehead atoms. The van der Waals surface area contributed by atoms with Crippen molar-refractivity contribution < 1.29 is 80.5 Å². The van der Waals surface area contributed by atoms with Crippen molar-refractivity contribution >= 4 is 35.8 Å². The molecule has 0 rings (SSSR count). The molecule has 0 unspecified atom stereocenters. The van der Waals surface area contributed by atoms with Gasteiger partial charge in [0, 0.05) is 0 Å². The molecule has 0 aromatic carbocycles. The van der Waals surface area contributed by atoms with Crippen LogP contribution in [0.3, 0.4) is 0 Å². The molecule has 0 aliphatic rings. The quantitative estimate of drug-likeness (QED) is 0.314. The Morgan fingerprint density at radius 2 is 0.421 bits per heavy atom. The summed E-state index contributed by atoms with van der Waals surface area (Å²) in [5, 5.41) is 53.6. The third-order valence-electron chi connectivity index (χ3n) is 0.500. The standard InChI is InChI=1S/3C2H2O4.W/c3*3-1(4)2(5)6;/h3*(H,3,4)(H,5,6);/q;;;+6/p-6. The number of hydrogen-bond acceptors (Lipinski definition) is 12. The molecule has 0 aromatic rings. The first-order valence-corrected chi connectivity index (χ1v) is 3.20. The van der Waals surface area contributed by atoms with Crippen molar-refractivity contribution in [2.75, 3.05) is 0 Å². The van der Waals surface area contributed by atoms with Crippen molar-refractivity contribution in [2.24, 2.45) is 0 Å². The van der Waals surface area contributed by atoms with E-state index < -0.39 is 35.8 Å². The Morgan fingerprint density at radius 3 is 0.421 bits per heavy atom. The third-order valence-corrected chi connectivity index (χ3v) is 0.500. The van der Waals surface area contributed by atoms with E-state index in [4.69, 9.17) is 59.4 Å². The van der Waals surface area contributed by atoms with Crippen LogP contribution >= 0.6 is 0 Å². The fourth-order valence-corrected chi connectivity index (χ4v) is 0. The number of carbonyl (C=O) groups excluding carboxylic acids is 6. The van der Waals surface area contributed by atoms with Gasteiger partial charge in [-0.15, -0.1) is 0 Å². The smallest absolute Gasteiger partial charge is 0.543 e. The zero-order valence-corrected chi connectivity index (χ0v) is 11.2. The van der Waals surface area contributed by atoms with Crippen molar-refractivity contribution in [3.05, 3.63) is 0 Å². The van der Waals surface area contributed by atoms with Crippen molar-refractivity contribution in [3.63, 3.8) is 0 Å². The molecular weight excluding hydrogens is 448 g/mol. The number of carboxylic acids is 6. The molecule has 0 fully saturated rings. The Hall–Kier alpha value is -2.49. The van der Waals surface area contributed by atoms with E-state index in [1.807, 2.05) is 0 Å². The summed E-state index contributed by atoms with van der Waals surface area (Å²) in [7, 11) is 0. The monoisotopic (exact) mass is 448 g/mol. The van der Waals surface area contributed by atoms with Gasteiger partial charge in [0.2, 0.25) is 0 Å². The average molecular weight is 448 g/mol. The van der Waals surface area contributed by atoms with Crippen molar-refractivity contribution in [1.29, 1.82) is 0 Å². The molecule has 0 saturated carbocycles. The van der Waals surface area contributed by atoms with Crippen LogP contribution in [0.4, 0.5) is 0 Å². The Labute approximate surface area is 117 Å². The van der Waals surface area contributed by atoms with E-state index >= 15 is 0 Å². The fraction of sp³-hybridized carbons (Fsp3) is 0. The molecule has 0 aromatic heterocycles. The van der Waals surface area contributed by atoms with Gasteiger partial charge in [-0.2, -0.15) is 0 Å². The van der Waals surface area contributed by atoms with E-state index in [2.05, 4.69) is 0 Å². The summed E-state index contributed by atoms with van der Waals surface area (Å²) in [4.78, 5) is 53.6. The van der Waals surface area contributed by atoms with Gasteiger partial charge in [0.1, 0.15) is 0 Å². The maximum atomic E-state index is 8.93. The molecule has 0 spiro atoms. The number of hydrogen-bond donors (Lipinski definition) is 0. The second-order valence-electron chi connectivity index (χ2n) is 1.72. The van der Waals surface area contributed by atoms with Crippen molar-refractivity contribution in [3.8, 4) is 0 Å². The summed E-state index contributed by atoms with van der Waals surface area (Å²) in [6.45, 7) is 0. The van der Waals surface area contributed by atoms with Gasteiger partial charge in [-0.3, -0.25) is 0 Å². The number of carboxylic acid groups (broad SMARTS) is 6. The summed E-state index contributed by atoms with van der Waals surface area (Å²) in [6.07, 6.45) is 0. The topological polar surface area (TPSA) is 241 Å². The summed E-state index contributed by atoms with van der Waals surface area (Å²) >= 11 is 0. The fourth-order valence-electron chi connectivity index (χ4n) is 0. The number of carbonyl (C=O) groups is 6. The van der Waals surface area contributed by atoms with E-state index in [1.54, 1.807) is 0 Å². The molecule has 13 heteroatoms. The predicted octanol–water partition coefficient (Wildman–Crippen LogP) is -10.5. The molecular formula is C6O12W. The van der Waals surface area contributed by atoms with E-state index in [9.17, 15) is 0 Å². The van der Waals surface area contributed by atoms with E-state index in [0.717, 1.165) is 0 Å². The average Bonchev–Trinajstić information content (AvgIpc) is 2.18. The van der Waals surface area contributed by atoms with Gasteiger partial charge in [-0.05, 0) is 0 Å². The van der Waals surface area contributed by atoms with Crippen LogP contribution in [0.25, 0.3) is 0 Å². The van der Waals surface area contributed by atoms with E-state index in [0.29, 0.717) is 0 Å². The second-order valence-corrected chi connectivity index (χ2v) is 1.72. The summed E-state index contributed by atoms with van der Waals surface area (Å²) in [5.41, 5.74) is 0. The van der Waals surface area contributed by atoms with Crippen LogP contribution in [0.15, 0.2) is 0 Å². The Balaban J connectivity index is -0.0000000865. The van der Waals surface area contributed by atoms with Crippen LogP contribution < -0.4 is 30.6 Å². The predicted molar refractivity (Wildman–Crippen MR) is 30.0 cm³/mol. The largest absolute Gasteiger partial charge is 6.00 e. The normalized spacial score (nSPS) is 6.95. The van der Waals surface area contributed by atoms with Crippen LogP contribution in [0.2, 0.25) is 0 Å². The minimum absolute atomic E-state index is 0. The molecule has 0 aliphatic carbocycles. The second kappa shape index (κ2) is 13.6. The molecule has 19 heavy (non-hydrogen) atoms. The van der Waals surface area contributed by atoms with Crippen LogP contribution in [0, 0.1) is 0 Å². The zero-order valence-electron chi connectivity index (χ0n) is 8.31. The van der Waals surface area contributed by atoms with Gasteiger partial charge < -0.3 is 59.4 Å². The van der Waals surface area contributed by atoms with Crippen LogP contribution in [0.1, 0.15) is 0 Å². The van der Waals surface area contributed by atoms with Gasteiger partial charge in [-0.1, -0.05) is 0 Å². The van der Waals surface area contributed by atoms with Crippen LogP contribution in [-0.4, -0.2) is 35.8 Å². The number of rotatable bonds is 0. The van der Waals surface area contributed by atoms with Gasteiger partial charge in [0.15, 0.2) is 0 Å². The van der Waals surface area contributed by atoms with Gasteiger partial charge in [0.25, 0.3) is 0 Å². The Bertz CT molecular complexity index is 277. The van der Waals surface area contributed by atoms with Gasteiger partial charge >= 0.3 is 21.1 Å². The Kier molecular flexibility index (Phi) is 18.1. The first kappa shape index (κ1) is 25.4. The molecule has 0 heterocycles. The first-order valence-electron chi connectivity index (χ1n) is 3.20. The minimum Gasteiger partial charge on any atom is -0.543 e. The summed E-state index contributed by atoms with van der Waals surface area (Å²) in [5.74, 6) is -13.1. The SMILES string of the molecule is O=C([O-])C(=O)[O-].O=C([O-])C(=O)[O-].O=C([O-])C(=O)[O-].[W+6].